The molecule has 106 valence electrons. The highest BCUT2D eigenvalue weighted by Gasteiger charge is 2.12. The van der Waals surface area contributed by atoms with Gasteiger partial charge in [0.1, 0.15) is 5.82 Å². The van der Waals surface area contributed by atoms with Crippen LogP contribution in [0, 0.1) is 0 Å². The largest absolute Gasteiger partial charge is 0.477 e. The molecule has 0 aromatic carbocycles. The molecule has 0 aliphatic heterocycles. The Bertz CT molecular complexity index is 433. The van der Waals surface area contributed by atoms with Crippen LogP contribution in [0.4, 0.5) is 11.5 Å². The fraction of sp³-hybridized carbons (Fsp3) is 0.538. The molecule has 0 aliphatic carbocycles. The van der Waals surface area contributed by atoms with Gasteiger partial charge in [0.05, 0.1) is 5.69 Å². The predicted molar refractivity (Wildman–Crippen MR) is 76.5 cm³/mol. The molecule has 4 N–H and O–H groups in total. The fourth-order valence-corrected chi connectivity index (χ4v) is 1.85. The van der Waals surface area contributed by atoms with Gasteiger partial charge < -0.3 is 21.1 Å². The van der Waals surface area contributed by atoms with Crippen LogP contribution in [0.3, 0.4) is 0 Å². The number of hydrogen-bond acceptors (Lipinski definition) is 5. The van der Waals surface area contributed by atoms with Crippen molar-refractivity contribution in [3.05, 3.63) is 17.8 Å². The van der Waals surface area contributed by atoms with E-state index in [9.17, 15) is 4.79 Å². The first-order valence-corrected chi connectivity index (χ1v) is 6.46. The fourth-order valence-electron chi connectivity index (χ4n) is 1.85. The number of rotatable bonds is 7. The van der Waals surface area contributed by atoms with Gasteiger partial charge in [-0.1, -0.05) is 13.8 Å². The molecule has 1 heterocycles. The van der Waals surface area contributed by atoms with Gasteiger partial charge in [-0.05, 0) is 32.1 Å². The summed E-state index contributed by atoms with van der Waals surface area (Å²) in [7, 11) is 0. The Morgan fingerprint density at radius 2 is 2.11 bits per heavy atom. The number of aromatic carboxylic acids is 1. The number of nitrogens with one attached hydrogen (secondary N) is 1. The van der Waals surface area contributed by atoms with Crippen molar-refractivity contribution in [2.24, 2.45) is 0 Å². The number of pyridine rings is 1. The number of carboxylic acid groups (broad SMARTS) is 1. The molecule has 6 nitrogen and oxygen atoms in total. The molecular weight excluding hydrogens is 244 g/mol. The molecule has 0 radical (unpaired) electrons. The summed E-state index contributed by atoms with van der Waals surface area (Å²) < 4.78 is 0. The molecule has 0 saturated heterocycles. The third-order valence-electron chi connectivity index (χ3n) is 2.96. The number of nitrogens with zero attached hydrogens (tertiary/aromatic N) is 2. The number of anilines is 2. The van der Waals surface area contributed by atoms with Gasteiger partial charge in [0.15, 0.2) is 5.69 Å². The quantitative estimate of drug-likeness (QED) is 0.693. The summed E-state index contributed by atoms with van der Waals surface area (Å²) in [5, 5.41) is 12.1. The van der Waals surface area contributed by atoms with Crippen molar-refractivity contribution in [1.82, 2.24) is 9.88 Å². The standard InChI is InChI=1S/C13H22N4O2/c1-4-17(5-2)8-9(3)15-12-10(14)6-7-11(16-12)13(18)19/h6-7,9H,4-5,8,14H2,1-3H3,(H,15,16)(H,18,19). The Kier molecular flexibility index (Phi) is 5.57. The van der Waals surface area contributed by atoms with E-state index >= 15 is 0 Å². The predicted octanol–water partition coefficient (Wildman–Crippen LogP) is 1.50. The van der Waals surface area contributed by atoms with E-state index in [1.807, 2.05) is 6.92 Å². The number of nitrogen functional groups attached to an aromatic ring is 1. The van der Waals surface area contributed by atoms with Gasteiger partial charge in [0, 0.05) is 12.6 Å². The summed E-state index contributed by atoms with van der Waals surface area (Å²) in [5.41, 5.74) is 6.25. The number of aromatic nitrogens is 1. The topological polar surface area (TPSA) is 91.5 Å². The van der Waals surface area contributed by atoms with Crippen molar-refractivity contribution in [2.45, 2.75) is 26.8 Å². The van der Waals surface area contributed by atoms with Crippen LogP contribution in [0.5, 0.6) is 0 Å². The maximum Gasteiger partial charge on any atom is 0.354 e. The summed E-state index contributed by atoms with van der Waals surface area (Å²) in [5.74, 6) is -0.626. The Morgan fingerprint density at radius 3 is 2.63 bits per heavy atom. The maximum atomic E-state index is 10.9. The van der Waals surface area contributed by atoms with Crippen molar-refractivity contribution in [3.8, 4) is 0 Å². The van der Waals surface area contributed by atoms with Crippen LogP contribution in [0.2, 0.25) is 0 Å². The minimum atomic E-state index is -1.06. The van der Waals surface area contributed by atoms with E-state index in [2.05, 4.69) is 29.0 Å². The average Bonchev–Trinajstić information content (AvgIpc) is 2.38. The average molecular weight is 266 g/mol. The second-order valence-electron chi connectivity index (χ2n) is 4.47. The first kappa shape index (κ1) is 15.2. The number of carboxylic acids is 1. The zero-order valence-electron chi connectivity index (χ0n) is 11.7. The van der Waals surface area contributed by atoms with Gasteiger partial charge in [-0.3, -0.25) is 0 Å². The SMILES string of the molecule is CCN(CC)CC(C)Nc1nc(C(=O)O)ccc1N. The molecule has 0 spiro atoms. The van der Waals surface area contributed by atoms with Crippen LogP contribution in [0.1, 0.15) is 31.3 Å². The zero-order valence-corrected chi connectivity index (χ0v) is 11.7. The molecule has 6 heteroatoms. The molecule has 0 saturated carbocycles. The summed E-state index contributed by atoms with van der Waals surface area (Å²) in [6.07, 6.45) is 0. The summed E-state index contributed by atoms with van der Waals surface area (Å²) in [6, 6.07) is 3.10. The second kappa shape index (κ2) is 6.94. The van der Waals surface area contributed by atoms with E-state index < -0.39 is 5.97 Å². The molecule has 1 aromatic heterocycles. The molecule has 1 rings (SSSR count). The molecule has 1 unspecified atom stereocenters. The lowest BCUT2D eigenvalue weighted by Gasteiger charge is -2.24. The Labute approximate surface area is 113 Å². The van der Waals surface area contributed by atoms with Crippen molar-refractivity contribution >= 4 is 17.5 Å². The third-order valence-corrected chi connectivity index (χ3v) is 2.96. The van der Waals surface area contributed by atoms with Crippen LogP contribution >= 0.6 is 0 Å². The molecule has 0 aliphatic rings. The van der Waals surface area contributed by atoms with Gasteiger partial charge in [-0.2, -0.15) is 0 Å². The summed E-state index contributed by atoms with van der Waals surface area (Å²) in [6.45, 7) is 9.03. The first-order valence-electron chi connectivity index (χ1n) is 6.46. The third kappa shape index (κ3) is 4.40. The summed E-state index contributed by atoms with van der Waals surface area (Å²) in [4.78, 5) is 17.2. The molecule has 19 heavy (non-hydrogen) atoms. The zero-order chi connectivity index (χ0) is 14.4. The lowest BCUT2D eigenvalue weighted by molar-refractivity contribution is 0.0690. The van der Waals surface area contributed by atoms with Crippen LogP contribution in [0.15, 0.2) is 12.1 Å². The van der Waals surface area contributed by atoms with Gasteiger partial charge in [-0.15, -0.1) is 0 Å². The van der Waals surface area contributed by atoms with E-state index in [4.69, 9.17) is 10.8 Å². The molecular formula is C13H22N4O2. The van der Waals surface area contributed by atoms with Crippen molar-refractivity contribution < 1.29 is 9.90 Å². The first-order chi connectivity index (χ1) is 8.97. The highest BCUT2D eigenvalue weighted by atomic mass is 16.4. The van der Waals surface area contributed by atoms with Crippen LogP contribution in [-0.2, 0) is 0 Å². The lowest BCUT2D eigenvalue weighted by Crippen LogP contribution is -2.35. The Morgan fingerprint density at radius 1 is 1.47 bits per heavy atom. The van der Waals surface area contributed by atoms with E-state index in [0.717, 1.165) is 19.6 Å². The van der Waals surface area contributed by atoms with Crippen LogP contribution < -0.4 is 11.1 Å². The Balaban J connectivity index is 2.75. The highest BCUT2D eigenvalue weighted by Crippen LogP contribution is 2.17. The van der Waals surface area contributed by atoms with E-state index in [1.54, 1.807) is 6.07 Å². The number of nitrogens with two attached hydrogens (primary N) is 1. The van der Waals surface area contributed by atoms with Crippen molar-refractivity contribution in [2.75, 3.05) is 30.7 Å². The smallest absolute Gasteiger partial charge is 0.354 e. The maximum absolute atomic E-state index is 10.9. The Hall–Kier alpha value is -1.82. The lowest BCUT2D eigenvalue weighted by atomic mass is 10.2. The number of likely N-dealkylation sites (N-methyl/N-ethyl adjacent to an activating group) is 1. The van der Waals surface area contributed by atoms with E-state index in [0.29, 0.717) is 11.5 Å². The monoisotopic (exact) mass is 266 g/mol. The van der Waals surface area contributed by atoms with Crippen LogP contribution in [0.25, 0.3) is 0 Å². The molecule has 0 amide bonds. The molecule has 0 bridgehead atoms. The van der Waals surface area contributed by atoms with Crippen LogP contribution in [-0.4, -0.2) is 46.6 Å². The normalized spacial score (nSPS) is 12.4. The number of carbonyl (C=O) groups is 1. The van der Waals surface area contributed by atoms with Crippen molar-refractivity contribution in [3.63, 3.8) is 0 Å². The highest BCUT2D eigenvalue weighted by molar-refractivity contribution is 5.86. The second-order valence-corrected chi connectivity index (χ2v) is 4.47. The van der Waals surface area contributed by atoms with E-state index in [1.165, 1.54) is 6.07 Å². The van der Waals surface area contributed by atoms with Gasteiger partial charge in [0.2, 0.25) is 0 Å². The minimum absolute atomic E-state index is 0.00765. The minimum Gasteiger partial charge on any atom is -0.477 e. The summed E-state index contributed by atoms with van der Waals surface area (Å²) >= 11 is 0. The van der Waals surface area contributed by atoms with Gasteiger partial charge in [0.25, 0.3) is 0 Å². The molecule has 1 aromatic rings. The molecule has 0 fully saturated rings. The molecule has 1 atom stereocenters. The van der Waals surface area contributed by atoms with Crippen molar-refractivity contribution in [1.29, 1.82) is 0 Å². The van der Waals surface area contributed by atoms with Gasteiger partial charge >= 0.3 is 5.97 Å². The number of hydrogen-bond donors (Lipinski definition) is 3. The van der Waals surface area contributed by atoms with E-state index in [-0.39, 0.29) is 11.7 Å². The van der Waals surface area contributed by atoms with Gasteiger partial charge in [-0.25, -0.2) is 9.78 Å².